The van der Waals surface area contributed by atoms with Crippen LogP contribution in [0.15, 0.2) is 72.8 Å². The Kier molecular flexibility index (Phi) is 5.52. The third kappa shape index (κ3) is 4.25. The zero-order chi connectivity index (χ0) is 22.9. The summed E-state index contributed by atoms with van der Waals surface area (Å²) in [6.45, 7) is 0.305. The van der Waals surface area contributed by atoms with Crippen LogP contribution in [0, 0.1) is 0 Å². The molecular weight excluding hydrogens is 419 g/mol. The molecule has 0 aliphatic rings. The van der Waals surface area contributed by atoms with Crippen LogP contribution in [0.25, 0.3) is 22.0 Å². The third-order valence-corrected chi connectivity index (χ3v) is 5.04. The van der Waals surface area contributed by atoms with Crippen LogP contribution < -0.4 is 4.90 Å². The van der Waals surface area contributed by atoms with Gasteiger partial charge in [0.1, 0.15) is 5.82 Å². The molecule has 0 unspecified atom stereocenters. The quantitative estimate of drug-likeness (QED) is 0.437. The van der Waals surface area contributed by atoms with Crippen LogP contribution >= 0.6 is 0 Å². The summed E-state index contributed by atoms with van der Waals surface area (Å²) in [5.74, 6) is -2.01. The number of aromatic nitrogens is 2. The SMILES string of the molecule is CN(Cc1ccc(-c2ccccc2C(=O)O)cc1)c1nc(C(F)(F)F)nc2ccccc12. The van der Waals surface area contributed by atoms with Gasteiger partial charge in [-0.15, -0.1) is 0 Å². The Bertz CT molecular complexity index is 1290. The standard InChI is InChI=1S/C24H18F3N3O2/c1-30(21-19-8-4-5-9-20(19)28-23(29-21)24(25,26)27)14-15-10-12-16(13-11-15)17-6-2-3-7-18(17)22(31)32/h2-13H,14H2,1H3,(H,31,32). The van der Waals surface area contributed by atoms with Gasteiger partial charge in [0.05, 0.1) is 11.1 Å². The van der Waals surface area contributed by atoms with Crippen molar-refractivity contribution in [1.29, 1.82) is 0 Å². The van der Waals surface area contributed by atoms with E-state index < -0.39 is 18.0 Å². The van der Waals surface area contributed by atoms with E-state index in [4.69, 9.17) is 0 Å². The van der Waals surface area contributed by atoms with E-state index in [9.17, 15) is 23.1 Å². The van der Waals surface area contributed by atoms with Gasteiger partial charge in [0.2, 0.25) is 5.82 Å². The number of carboxylic acid groups (broad SMARTS) is 1. The van der Waals surface area contributed by atoms with Crippen LogP contribution in [0.1, 0.15) is 21.7 Å². The summed E-state index contributed by atoms with van der Waals surface area (Å²) in [4.78, 5) is 20.6. The minimum Gasteiger partial charge on any atom is -0.478 e. The topological polar surface area (TPSA) is 66.3 Å². The second-order valence-corrected chi connectivity index (χ2v) is 7.29. The highest BCUT2D eigenvalue weighted by molar-refractivity contribution is 5.96. The molecule has 1 aromatic heterocycles. The van der Waals surface area contributed by atoms with Gasteiger partial charge in [-0.05, 0) is 34.9 Å². The lowest BCUT2D eigenvalue weighted by Crippen LogP contribution is -2.21. The van der Waals surface area contributed by atoms with Crippen molar-refractivity contribution in [3.05, 3.63) is 89.7 Å². The summed E-state index contributed by atoms with van der Waals surface area (Å²) in [5.41, 5.74) is 2.58. The number of hydrogen-bond acceptors (Lipinski definition) is 4. The van der Waals surface area contributed by atoms with E-state index in [1.54, 1.807) is 60.5 Å². The Morgan fingerprint density at radius 3 is 2.28 bits per heavy atom. The third-order valence-electron chi connectivity index (χ3n) is 5.04. The largest absolute Gasteiger partial charge is 0.478 e. The van der Waals surface area contributed by atoms with Crippen molar-refractivity contribution in [2.24, 2.45) is 0 Å². The number of para-hydroxylation sites is 1. The number of alkyl halides is 3. The first kappa shape index (κ1) is 21.3. The molecule has 5 nitrogen and oxygen atoms in total. The minimum absolute atomic E-state index is 0.184. The average Bonchev–Trinajstić information content (AvgIpc) is 2.78. The Hall–Kier alpha value is -3.94. The van der Waals surface area contributed by atoms with E-state index in [0.717, 1.165) is 11.1 Å². The predicted octanol–water partition coefficient (Wildman–Crippen LogP) is 5.65. The van der Waals surface area contributed by atoms with Crippen LogP contribution in [0.5, 0.6) is 0 Å². The van der Waals surface area contributed by atoms with Crippen molar-refractivity contribution in [2.75, 3.05) is 11.9 Å². The van der Waals surface area contributed by atoms with E-state index in [1.807, 2.05) is 12.1 Å². The summed E-state index contributed by atoms with van der Waals surface area (Å²) >= 11 is 0. The summed E-state index contributed by atoms with van der Waals surface area (Å²) < 4.78 is 39.9. The van der Waals surface area contributed by atoms with E-state index in [-0.39, 0.29) is 16.9 Å². The zero-order valence-corrected chi connectivity index (χ0v) is 17.0. The van der Waals surface area contributed by atoms with E-state index in [2.05, 4.69) is 9.97 Å². The molecule has 1 heterocycles. The highest BCUT2D eigenvalue weighted by atomic mass is 19.4. The van der Waals surface area contributed by atoms with Gasteiger partial charge < -0.3 is 10.0 Å². The second kappa shape index (κ2) is 8.30. The monoisotopic (exact) mass is 437 g/mol. The second-order valence-electron chi connectivity index (χ2n) is 7.29. The van der Waals surface area contributed by atoms with Gasteiger partial charge in [0.25, 0.3) is 0 Å². The molecule has 0 atom stereocenters. The Morgan fingerprint density at radius 1 is 0.938 bits per heavy atom. The lowest BCUT2D eigenvalue weighted by Gasteiger charge is -2.21. The van der Waals surface area contributed by atoms with Crippen molar-refractivity contribution in [3.63, 3.8) is 0 Å². The fourth-order valence-electron chi connectivity index (χ4n) is 3.54. The molecule has 0 amide bonds. The number of anilines is 1. The maximum Gasteiger partial charge on any atom is 0.451 e. The molecule has 3 aromatic carbocycles. The lowest BCUT2D eigenvalue weighted by molar-refractivity contribution is -0.144. The summed E-state index contributed by atoms with van der Waals surface area (Å²) in [7, 11) is 1.67. The number of carboxylic acids is 1. The Labute approximate surface area is 181 Å². The van der Waals surface area contributed by atoms with Crippen LogP contribution in [-0.4, -0.2) is 28.1 Å². The first-order valence-corrected chi connectivity index (χ1v) is 9.71. The van der Waals surface area contributed by atoms with Gasteiger partial charge in [0.15, 0.2) is 0 Å². The Balaban J connectivity index is 1.65. The highest BCUT2D eigenvalue weighted by Gasteiger charge is 2.35. The smallest absolute Gasteiger partial charge is 0.451 e. The van der Waals surface area contributed by atoms with Gasteiger partial charge in [-0.1, -0.05) is 54.6 Å². The predicted molar refractivity (Wildman–Crippen MR) is 115 cm³/mol. The van der Waals surface area contributed by atoms with Crippen molar-refractivity contribution >= 4 is 22.7 Å². The molecule has 0 radical (unpaired) electrons. The molecule has 4 rings (SSSR count). The van der Waals surface area contributed by atoms with E-state index in [0.29, 0.717) is 17.5 Å². The molecular formula is C24H18F3N3O2. The molecule has 0 saturated carbocycles. The molecule has 0 saturated heterocycles. The molecule has 0 fully saturated rings. The molecule has 8 heteroatoms. The maximum absolute atomic E-state index is 13.3. The van der Waals surface area contributed by atoms with Gasteiger partial charge in [0, 0.05) is 19.0 Å². The molecule has 0 aliphatic heterocycles. The summed E-state index contributed by atoms with van der Waals surface area (Å²) in [6.07, 6.45) is -4.65. The van der Waals surface area contributed by atoms with E-state index >= 15 is 0 Å². The van der Waals surface area contributed by atoms with Crippen molar-refractivity contribution < 1.29 is 23.1 Å². The summed E-state index contributed by atoms with van der Waals surface area (Å²) in [6, 6.07) is 20.5. The maximum atomic E-state index is 13.3. The normalized spacial score (nSPS) is 11.5. The number of rotatable bonds is 5. The van der Waals surface area contributed by atoms with Crippen molar-refractivity contribution in [1.82, 2.24) is 9.97 Å². The fraction of sp³-hybridized carbons (Fsp3) is 0.125. The number of benzene rings is 3. The molecule has 4 aromatic rings. The van der Waals surface area contributed by atoms with Crippen LogP contribution in [0.3, 0.4) is 0 Å². The minimum atomic E-state index is -4.65. The number of fused-ring (bicyclic) bond motifs is 1. The van der Waals surface area contributed by atoms with Gasteiger partial charge >= 0.3 is 12.1 Å². The summed E-state index contributed by atoms with van der Waals surface area (Å²) in [5, 5.41) is 9.92. The molecule has 1 N–H and O–H groups in total. The van der Waals surface area contributed by atoms with Crippen LogP contribution in [-0.2, 0) is 12.7 Å². The van der Waals surface area contributed by atoms with Gasteiger partial charge in [-0.25, -0.2) is 14.8 Å². The zero-order valence-electron chi connectivity index (χ0n) is 17.0. The number of hydrogen-bond donors (Lipinski definition) is 1. The number of carbonyl (C=O) groups is 1. The molecule has 32 heavy (non-hydrogen) atoms. The molecule has 0 bridgehead atoms. The van der Waals surface area contributed by atoms with Gasteiger partial charge in [-0.3, -0.25) is 0 Å². The molecule has 162 valence electrons. The van der Waals surface area contributed by atoms with Crippen molar-refractivity contribution in [2.45, 2.75) is 12.7 Å². The fourth-order valence-corrected chi connectivity index (χ4v) is 3.54. The van der Waals surface area contributed by atoms with Gasteiger partial charge in [-0.2, -0.15) is 13.2 Å². The van der Waals surface area contributed by atoms with E-state index in [1.165, 1.54) is 12.1 Å². The Morgan fingerprint density at radius 2 is 1.59 bits per heavy atom. The lowest BCUT2D eigenvalue weighted by atomic mass is 9.98. The van der Waals surface area contributed by atoms with Crippen LogP contribution in [0.4, 0.5) is 19.0 Å². The molecule has 0 spiro atoms. The average molecular weight is 437 g/mol. The van der Waals surface area contributed by atoms with Crippen LogP contribution in [0.2, 0.25) is 0 Å². The number of nitrogens with zero attached hydrogens (tertiary/aromatic N) is 3. The number of halogens is 3. The first-order chi connectivity index (χ1) is 15.2. The first-order valence-electron chi connectivity index (χ1n) is 9.71. The van der Waals surface area contributed by atoms with Crippen molar-refractivity contribution in [3.8, 4) is 11.1 Å². The molecule has 0 aliphatic carbocycles. The number of aromatic carboxylic acids is 1. The highest BCUT2D eigenvalue weighted by Crippen LogP contribution is 2.32.